The molecule has 0 spiro atoms. The molecule has 0 saturated heterocycles. The van der Waals surface area contributed by atoms with Gasteiger partial charge in [-0.2, -0.15) is 0 Å². The van der Waals surface area contributed by atoms with E-state index in [1.54, 1.807) is 12.2 Å². The summed E-state index contributed by atoms with van der Waals surface area (Å²) < 4.78 is 5.22. The van der Waals surface area contributed by atoms with E-state index < -0.39 is 7.05 Å². The van der Waals surface area contributed by atoms with Crippen LogP contribution in [0.4, 0.5) is 0 Å². The molecule has 1 aliphatic carbocycles. The van der Waals surface area contributed by atoms with Crippen LogP contribution in [-0.2, 0) is 21.7 Å². The second-order valence-electron chi connectivity index (χ2n) is 5.94. The van der Waals surface area contributed by atoms with Crippen molar-refractivity contribution < 1.29 is 21.7 Å². The predicted octanol–water partition coefficient (Wildman–Crippen LogP) is 6.61. The summed E-state index contributed by atoms with van der Waals surface area (Å²) in [6.45, 7) is 20.8. The fourth-order valence-electron chi connectivity index (χ4n) is 2.87. The van der Waals surface area contributed by atoms with Crippen LogP contribution in [0.1, 0.15) is 48.0 Å². The van der Waals surface area contributed by atoms with Gasteiger partial charge in [0.25, 0.3) is 0 Å². The van der Waals surface area contributed by atoms with E-state index in [0.717, 1.165) is 6.42 Å². The first-order chi connectivity index (χ1) is 9.32. The zero-order valence-corrected chi connectivity index (χ0v) is 17.1. The molecule has 0 saturated carbocycles. The van der Waals surface area contributed by atoms with Gasteiger partial charge < -0.3 is 0 Å². The monoisotopic (exact) mass is 341 g/mol. The molecule has 0 radical (unpaired) electrons. The quantitative estimate of drug-likeness (QED) is 0.303. The molecule has 3 heteroatoms. The predicted molar refractivity (Wildman–Crippen MR) is 97.0 cm³/mol. The van der Waals surface area contributed by atoms with Crippen molar-refractivity contribution in [1.29, 1.82) is 0 Å². The van der Waals surface area contributed by atoms with Gasteiger partial charge in [0.1, 0.15) is 0 Å². The average molecular weight is 341 g/mol. The molecule has 0 heterocycles. The van der Waals surface area contributed by atoms with Crippen molar-refractivity contribution >= 4 is 7.05 Å². The SMILES string of the molecule is C=CC=C.CC(C)P(=NC1=CC=CC1)(C(C)C)C(C)C.[Ti]. The summed E-state index contributed by atoms with van der Waals surface area (Å²) in [5.74, 6) is 0. The van der Waals surface area contributed by atoms with E-state index in [0.29, 0.717) is 17.0 Å². The van der Waals surface area contributed by atoms with E-state index in [1.807, 2.05) is 0 Å². The van der Waals surface area contributed by atoms with Crippen LogP contribution in [0.15, 0.2) is 54.0 Å². The summed E-state index contributed by atoms with van der Waals surface area (Å²) in [4.78, 5) is 0. The molecule has 1 aliphatic rings. The molecule has 21 heavy (non-hydrogen) atoms. The van der Waals surface area contributed by atoms with Crippen molar-refractivity contribution in [2.24, 2.45) is 4.74 Å². The maximum atomic E-state index is 5.22. The summed E-state index contributed by atoms with van der Waals surface area (Å²) in [6.07, 6.45) is 10.8. The Morgan fingerprint density at radius 2 is 1.43 bits per heavy atom. The number of hydrogen-bond donors (Lipinski definition) is 0. The van der Waals surface area contributed by atoms with Crippen molar-refractivity contribution in [2.75, 3.05) is 0 Å². The second-order valence-corrected chi connectivity index (χ2v) is 10.8. The molecule has 1 nitrogen and oxygen atoms in total. The van der Waals surface area contributed by atoms with Crippen LogP contribution < -0.4 is 0 Å². The van der Waals surface area contributed by atoms with Crippen LogP contribution in [0.2, 0.25) is 0 Å². The Balaban J connectivity index is 0. The van der Waals surface area contributed by atoms with E-state index >= 15 is 0 Å². The molecule has 0 amide bonds. The Morgan fingerprint density at radius 1 is 1.00 bits per heavy atom. The van der Waals surface area contributed by atoms with E-state index in [1.165, 1.54) is 5.70 Å². The summed E-state index contributed by atoms with van der Waals surface area (Å²) in [5, 5.41) is 0. The van der Waals surface area contributed by atoms with Gasteiger partial charge in [-0.3, -0.25) is 4.74 Å². The smallest absolute Gasteiger partial charge is 0.0425 e. The standard InChI is InChI=1S/C14H26NP.C4H6.Ti/c1-11(2)16(12(3)4,13(5)6)15-14-9-7-8-10-14;1-3-4-2;/h7-9,11-13H,10H2,1-6H3;3-4H,1-2H2;. The van der Waals surface area contributed by atoms with Gasteiger partial charge in [-0.1, -0.05) is 79.0 Å². The van der Waals surface area contributed by atoms with Crippen molar-refractivity contribution in [3.63, 3.8) is 0 Å². The van der Waals surface area contributed by atoms with Crippen LogP contribution in [0, 0.1) is 0 Å². The Kier molecular flexibility index (Phi) is 12.7. The van der Waals surface area contributed by atoms with E-state index in [4.69, 9.17) is 4.74 Å². The van der Waals surface area contributed by atoms with E-state index in [9.17, 15) is 0 Å². The molecule has 0 unspecified atom stereocenters. The van der Waals surface area contributed by atoms with Gasteiger partial charge in [0.15, 0.2) is 0 Å². The Hall–Kier alpha value is -0.0957. The first-order valence-corrected chi connectivity index (χ1v) is 9.48. The van der Waals surface area contributed by atoms with Gasteiger partial charge in [-0.05, 0) is 30.1 Å². The van der Waals surface area contributed by atoms with Crippen LogP contribution >= 0.6 is 7.05 Å². The first-order valence-electron chi connectivity index (χ1n) is 7.53. The molecule has 0 fully saturated rings. The van der Waals surface area contributed by atoms with Crippen molar-refractivity contribution in [1.82, 2.24) is 0 Å². The van der Waals surface area contributed by atoms with Crippen molar-refractivity contribution in [2.45, 2.75) is 64.9 Å². The fraction of sp³-hybridized carbons (Fsp3) is 0.556. The fourth-order valence-corrected chi connectivity index (χ4v) is 7.73. The summed E-state index contributed by atoms with van der Waals surface area (Å²) >= 11 is 0. The topological polar surface area (TPSA) is 12.4 Å². The van der Waals surface area contributed by atoms with Gasteiger partial charge in [0, 0.05) is 33.8 Å². The molecule has 0 bridgehead atoms. The number of hydrogen-bond acceptors (Lipinski definition) is 1. The van der Waals surface area contributed by atoms with E-state index in [2.05, 4.69) is 72.9 Å². The normalized spacial score (nSPS) is 13.5. The molecule has 0 atom stereocenters. The Labute approximate surface area is 147 Å². The minimum absolute atomic E-state index is 0. The minimum Gasteiger partial charge on any atom is -0.271 e. The molecule has 0 aromatic carbocycles. The van der Waals surface area contributed by atoms with Crippen LogP contribution in [0.3, 0.4) is 0 Å². The van der Waals surface area contributed by atoms with Gasteiger partial charge >= 0.3 is 0 Å². The Bertz CT molecular complexity index is 394. The van der Waals surface area contributed by atoms with Crippen LogP contribution in [0.25, 0.3) is 0 Å². The minimum atomic E-state index is -1.24. The van der Waals surface area contributed by atoms with Gasteiger partial charge in [-0.15, -0.1) is 0 Å². The summed E-state index contributed by atoms with van der Waals surface area (Å²) in [5.41, 5.74) is 3.36. The first kappa shape index (κ1) is 23.2. The molecule has 118 valence electrons. The molecular weight excluding hydrogens is 309 g/mol. The zero-order valence-electron chi connectivity index (χ0n) is 14.6. The maximum absolute atomic E-state index is 5.22. The molecule has 0 aromatic heterocycles. The largest absolute Gasteiger partial charge is 0.271 e. The molecule has 0 N–H and O–H groups in total. The summed E-state index contributed by atoms with van der Waals surface area (Å²) in [7, 11) is -1.24. The molecule has 1 rings (SSSR count). The van der Waals surface area contributed by atoms with Gasteiger partial charge in [0.05, 0.1) is 0 Å². The van der Waals surface area contributed by atoms with Gasteiger partial charge in [-0.25, -0.2) is 0 Å². The summed E-state index contributed by atoms with van der Waals surface area (Å²) in [6, 6.07) is 0. The Morgan fingerprint density at radius 3 is 1.67 bits per heavy atom. The number of rotatable bonds is 5. The van der Waals surface area contributed by atoms with Crippen molar-refractivity contribution in [3.05, 3.63) is 49.2 Å². The molecule has 0 aromatic rings. The molecular formula is C18H32NPTi. The molecule has 0 aliphatic heterocycles. The van der Waals surface area contributed by atoms with Gasteiger partial charge in [0.2, 0.25) is 0 Å². The van der Waals surface area contributed by atoms with E-state index in [-0.39, 0.29) is 21.7 Å². The third-order valence-electron chi connectivity index (χ3n) is 3.70. The number of allylic oxidation sites excluding steroid dienone is 5. The third kappa shape index (κ3) is 6.68. The third-order valence-corrected chi connectivity index (χ3v) is 9.27. The van der Waals surface area contributed by atoms with Crippen molar-refractivity contribution in [3.8, 4) is 0 Å². The maximum Gasteiger partial charge on any atom is 0.0425 e. The second kappa shape index (κ2) is 11.5. The zero-order chi connectivity index (χ0) is 15.8. The average Bonchev–Trinajstić information content (AvgIpc) is 2.87. The van der Waals surface area contributed by atoms with Crippen LogP contribution in [0.5, 0.6) is 0 Å². The number of nitrogens with zero attached hydrogens (tertiary/aromatic N) is 1. The van der Waals surface area contributed by atoms with Crippen LogP contribution in [-0.4, -0.2) is 17.0 Å².